The van der Waals surface area contributed by atoms with Crippen molar-refractivity contribution in [2.24, 2.45) is 0 Å². The third-order valence-electron chi connectivity index (χ3n) is 2.77. The average molecular weight is 232 g/mol. The molecule has 0 saturated carbocycles. The van der Waals surface area contributed by atoms with Crippen LogP contribution in [0, 0.1) is 0 Å². The number of rotatable bonds is 2. The molecule has 3 rings (SSSR count). The Morgan fingerprint density at radius 1 is 1.24 bits per heavy atom. The predicted octanol–water partition coefficient (Wildman–Crippen LogP) is 1.52. The van der Waals surface area contributed by atoms with Crippen LogP contribution in [-0.2, 0) is 14.2 Å². The fourth-order valence-corrected chi connectivity index (χ4v) is 1.90. The summed E-state index contributed by atoms with van der Waals surface area (Å²) < 4.78 is 16.2. The standard InChI is InChI=1S/C13H12O4/c14-12(9-4-2-1-3-5-9)17-11-7-6-10-8-15-13(11)16-10/h1-7,10-11,13H,8H2/t10-,11+,13-/m1/s1. The van der Waals surface area contributed by atoms with E-state index in [2.05, 4.69) is 0 Å². The third-order valence-corrected chi connectivity index (χ3v) is 2.77. The monoisotopic (exact) mass is 232 g/mol. The largest absolute Gasteiger partial charge is 0.449 e. The molecule has 0 spiro atoms. The van der Waals surface area contributed by atoms with E-state index in [1.807, 2.05) is 18.2 Å². The second-order valence-electron chi connectivity index (χ2n) is 4.00. The number of fused-ring (bicyclic) bond motifs is 2. The molecule has 3 atom stereocenters. The Morgan fingerprint density at radius 2 is 2.06 bits per heavy atom. The van der Waals surface area contributed by atoms with Crippen LogP contribution in [0.1, 0.15) is 10.4 Å². The van der Waals surface area contributed by atoms with Crippen molar-refractivity contribution in [2.45, 2.75) is 18.5 Å². The van der Waals surface area contributed by atoms with Crippen LogP contribution in [-0.4, -0.2) is 31.1 Å². The lowest BCUT2D eigenvalue weighted by Crippen LogP contribution is -2.33. The molecule has 0 radical (unpaired) electrons. The highest BCUT2D eigenvalue weighted by Gasteiger charge is 2.36. The fourth-order valence-electron chi connectivity index (χ4n) is 1.90. The molecule has 2 aliphatic heterocycles. The van der Waals surface area contributed by atoms with Gasteiger partial charge in [0.2, 0.25) is 0 Å². The van der Waals surface area contributed by atoms with E-state index in [1.54, 1.807) is 24.3 Å². The molecule has 0 N–H and O–H groups in total. The van der Waals surface area contributed by atoms with Gasteiger partial charge in [-0.1, -0.05) is 24.3 Å². The Kier molecular flexibility index (Phi) is 2.66. The van der Waals surface area contributed by atoms with E-state index >= 15 is 0 Å². The number of carbonyl (C=O) groups is 1. The van der Waals surface area contributed by atoms with Gasteiger partial charge in [-0.3, -0.25) is 0 Å². The number of benzene rings is 1. The zero-order valence-corrected chi connectivity index (χ0v) is 9.11. The molecule has 88 valence electrons. The Bertz CT molecular complexity index is 440. The quantitative estimate of drug-likeness (QED) is 0.573. The molecule has 17 heavy (non-hydrogen) atoms. The first-order valence-corrected chi connectivity index (χ1v) is 5.54. The van der Waals surface area contributed by atoms with Gasteiger partial charge >= 0.3 is 5.97 Å². The van der Waals surface area contributed by atoms with Gasteiger partial charge in [-0.25, -0.2) is 4.79 Å². The molecule has 0 aliphatic carbocycles. The summed E-state index contributed by atoms with van der Waals surface area (Å²) in [6, 6.07) is 8.88. The van der Waals surface area contributed by atoms with Crippen molar-refractivity contribution in [3.63, 3.8) is 0 Å². The van der Waals surface area contributed by atoms with Gasteiger partial charge in [-0.2, -0.15) is 0 Å². The van der Waals surface area contributed by atoms with Crippen LogP contribution < -0.4 is 0 Å². The Morgan fingerprint density at radius 3 is 2.88 bits per heavy atom. The van der Waals surface area contributed by atoms with Crippen molar-refractivity contribution in [3.05, 3.63) is 48.0 Å². The van der Waals surface area contributed by atoms with E-state index < -0.39 is 12.4 Å². The molecule has 1 aromatic rings. The summed E-state index contributed by atoms with van der Waals surface area (Å²) in [4.78, 5) is 11.8. The maximum atomic E-state index is 11.8. The lowest BCUT2D eigenvalue weighted by atomic mass is 10.2. The summed E-state index contributed by atoms with van der Waals surface area (Å²) in [5.41, 5.74) is 0.529. The van der Waals surface area contributed by atoms with Crippen molar-refractivity contribution >= 4 is 5.97 Å². The number of carbonyl (C=O) groups excluding carboxylic acids is 1. The molecule has 2 bridgehead atoms. The number of ether oxygens (including phenoxy) is 3. The van der Waals surface area contributed by atoms with Crippen LogP contribution in [0.5, 0.6) is 0 Å². The normalized spacial score (nSPS) is 30.2. The molecule has 2 heterocycles. The maximum absolute atomic E-state index is 11.8. The highest BCUT2D eigenvalue weighted by Crippen LogP contribution is 2.24. The Hall–Kier alpha value is -1.65. The lowest BCUT2D eigenvalue weighted by Gasteiger charge is -2.22. The van der Waals surface area contributed by atoms with Crippen LogP contribution in [0.25, 0.3) is 0 Å². The minimum Gasteiger partial charge on any atom is -0.449 e. The van der Waals surface area contributed by atoms with Gasteiger partial charge < -0.3 is 14.2 Å². The molecule has 4 nitrogen and oxygen atoms in total. The minimum absolute atomic E-state index is 0.00618. The molecule has 2 aliphatic rings. The summed E-state index contributed by atoms with van der Waals surface area (Å²) in [7, 11) is 0. The van der Waals surface area contributed by atoms with Crippen molar-refractivity contribution < 1.29 is 19.0 Å². The number of hydrogen-bond donors (Lipinski definition) is 0. The second-order valence-corrected chi connectivity index (χ2v) is 4.00. The van der Waals surface area contributed by atoms with Crippen molar-refractivity contribution in [2.75, 3.05) is 6.61 Å². The van der Waals surface area contributed by atoms with Gasteiger partial charge in [0.1, 0.15) is 6.10 Å². The van der Waals surface area contributed by atoms with Gasteiger partial charge in [0, 0.05) is 0 Å². The first-order chi connectivity index (χ1) is 8.33. The molecular formula is C13H12O4. The first-order valence-electron chi connectivity index (χ1n) is 5.54. The summed E-state index contributed by atoms with van der Waals surface area (Å²) >= 11 is 0. The molecular weight excluding hydrogens is 220 g/mol. The van der Waals surface area contributed by atoms with E-state index in [0.29, 0.717) is 12.2 Å². The molecule has 1 saturated heterocycles. The second kappa shape index (κ2) is 4.31. The molecule has 0 unspecified atom stereocenters. The first kappa shape index (κ1) is 10.5. The molecule has 1 aromatic carbocycles. The van der Waals surface area contributed by atoms with Crippen LogP contribution in [0.2, 0.25) is 0 Å². The maximum Gasteiger partial charge on any atom is 0.338 e. The van der Waals surface area contributed by atoms with Crippen molar-refractivity contribution in [1.82, 2.24) is 0 Å². The SMILES string of the molecule is O=C(O[C@H]1C=C[C@@H]2CO[C@@H]1O2)c1ccccc1. The molecule has 1 fully saturated rings. The lowest BCUT2D eigenvalue weighted by molar-refractivity contribution is -0.119. The highest BCUT2D eigenvalue weighted by molar-refractivity contribution is 5.89. The minimum atomic E-state index is -0.460. The summed E-state index contributed by atoms with van der Waals surface area (Å²) in [5.74, 6) is -0.363. The highest BCUT2D eigenvalue weighted by atomic mass is 16.7. The number of hydrogen-bond acceptors (Lipinski definition) is 4. The van der Waals surface area contributed by atoms with Gasteiger partial charge in [-0.15, -0.1) is 0 Å². The van der Waals surface area contributed by atoms with Crippen LogP contribution in [0.4, 0.5) is 0 Å². The van der Waals surface area contributed by atoms with E-state index in [-0.39, 0.29) is 12.1 Å². The van der Waals surface area contributed by atoms with Crippen LogP contribution in [0.3, 0.4) is 0 Å². The molecule has 0 amide bonds. The smallest absolute Gasteiger partial charge is 0.338 e. The van der Waals surface area contributed by atoms with E-state index in [4.69, 9.17) is 14.2 Å². The summed E-state index contributed by atoms with van der Waals surface area (Å²) in [5, 5.41) is 0. The van der Waals surface area contributed by atoms with Crippen molar-refractivity contribution in [3.8, 4) is 0 Å². The third kappa shape index (κ3) is 2.09. The number of esters is 1. The van der Waals surface area contributed by atoms with Gasteiger partial charge in [0.25, 0.3) is 0 Å². The van der Waals surface area contributed by atoms with E-state index in [1.165, 1.54) is 0 Å². The van der Waals surface area contributed by atoms with E-state index in [9.17, 15) is 4.79 Å². The van der Waals surface area contributed by atoms with Crippen molar-refractivity contribution in [1.29, 1.82) is 0 Å². The van der Waals surface area contributed by atoms with Gasteiger partial charge in [0.15, 0.2) is 12.4 Å². The predicted molar refractivity (Wildman–Crippen MR) is 59.4 cm³/mol. The van der Waals surface area contributed by atoms with Gasteiger partial charge in [-0.05, 0) is 18.2 Å². The van der Waals surface area contributed by atoms with Crippen LogP contribution in [0.15, 0.2) is 42.5 Å². The van der Waals surface area contributed by atoms with Gasteiger partial charge in [0.05, 0.1) is 12.2 Å². The molecule has 4 heteroatoms. The average Bonchev–Trinajstić information content (AvgIpc) is 2.77. The summed E-state index contributed by atoms with van der Waals surface area (Å²) in [6.07, 6.45) is 2.78. The Labute approximate surface area is 98.8 Å². The zero-order chi connectivity index (χ0) is 11.7. The van der Waals surface area contributed by atoms with E-state index in [0.717, 1.165) is 0 Å². The zero-order valence-electron chi connectivity index (χ0n) is 9.11. The topological polar surface area (TPSA) is 44.8 Å². The summed E-state index contributed by atoms with van der Waals surface area (Å²) in [6.45, 7) is 0.528. The molecule has 0 aromatic heterocycles. The fraction of sp³-hybridized carbons (Fsp3) is 0.308. The van der Waals surface area contributed by atoms with Crippen LogP contribution >= 0.6 is 0 Å². The Balaban J connectivity index is 1.70.